The highest BCUT2D eigenvalue weighted by Gasteiger charge is 2.57. The van der Waals surface area contributed by atoms with Crippen molar-refractivity contribution in [1.82, 2.24) is 0 Å². The molecule has 0 saturated heterocycles. The van der Waals surface area contributed by atoms with Crippen LogP contribution in [0.1, 0.15) is 25.7 Å². The van der Waals surface area contributed by atoms with Gasteiger partial charge in [-0.2, -0.15) is 8.42 Å². The van der Waals surface area contributed by atoms with E-state index in [1.54, 1.807) is 0 Å². The van der Waals surface area contributed by atoms with Crippen molar-refractivity contribution in [1.29, 1.82) is 0 Å². The molecule has 6 atom stereocenters. The Balaban J connectivity index is 1.59. The predicted octanol–water partition coefficient (Wildman–Crippen LogP) is 2.52. The van der Waals surface area contributed by atoms with Crippen molar-refractivity contribution in [2.24, 2.45) is 29.6 Å². The number of hydrogen-bond donors (Lipinski definition) is 0. The number of nitro groups is 1. The van der Waals surface area contributed by atoms with E-state index in [-0.39, 0.29) is 40.2 Å². The first-order valence-electron chi connectivity index (χ1n) is 9.05. The summed E-state index contributed by atoms with van der Waals surface area (Å²) in [4.78, 5) is 22.3. The number of nitrogens with zero attached hydrogens (tertiary/aromatic N) is 1. The van der Waals surface area contributed by atoms with Crippen LogP contribution in [0.3, 0.4) is 0 Å². The average molecular weight is 395 g/mol. The van der Waals surface area contributed by atoms with Gasteiger partial charge in [-0.15, -0.1) is 0 Å². The van der Waals surface area contributed by atoms with E-state index < -0.39 is 21.1 Å². The molecule has 27 heavy (non-hydrogen) atoms. The van der Waals surface area contributed by atoms with Gasteiger partial charge in [-0.25, -0.2) is 0 Å². The van der Waals surface area contributed by atoms with Gasteiger partial charge in [0.05, 0.1) is 29.0 Å². The van der Waals surface area contributed by atoms with Gasteiger partial charge in [0.1, 0.15) is 0 Å². The Morgan fingerprint density at radius 3 is 2.41 bits per heavy atom. The van der Waals surface area contributed by atoms with Crippen LogP contribution in [0.25, 0.3) is 0 Å². The fourth-order valence-corrected chi connectivity index (χ4v) is 6.62. The average Bonchev–Trinajstić information content (AvgIpc) is 2.64. The Kier molecular flexibility index (Phi) is 4.46. The fraction of sp³-hybridized carbons (Fsp3) is 0.611. The summed E-state index contributed by atoms with van der Waals surface area (Å²) >= 11 is 0. The van der Waals surface area contributed by atoms with E-state index >= 15 is 0 Å². The zero-order valence-electron chi connectivity index (χ0n) is 14.8. The molecule has 0 heterocycles. The normalized spacial score (nSPS) is 34.4. The molecule has 1 aromatic carbocycles. The predicted molar refractivity (Wildman–Crippen MR) is 93.1 cm³/mol. The number of non-ortho nitro benzene ring substituents is 1. The van der Waals surface area contributed by atoms with Crippen LogP contribution >= 0.6 is 0 Å². The SMILES string of the molecule is COC(=O)[C@H]1[C@@H]2C[C@@H]3C[C@@H](C2)[C@H](OS(=O)(=O)c2ccc([N+](=O)[O-])cc2)[C@@H]1C3. The summed E-state index contributed by atoms with van der Waals surface area (Å²) in [6.07, 6.45) is 2.90. The largest absolute Gasteiger partial charge is 0.469 e. The van der Waals surface area contributed by atoms with Crippen LogP contribution < -0.4 is 0 Å². The highest BCUT2D eigenvalue weighted by molar-refractivity contribution is 7.86. The summed E-state index contributed by atoms with van der Waals surface area (Å²) in [6.45, 7) is 0. The molecule has 0 N–H and O–H groups in total. The molecule has 4 aliphatic rings. The maximum atomic E-state index is 12.7. The summed E-state index contributed by atoms with van der Waals surface area (Å²) in [5.74, 6) is 0.0937. The Morgan fingerprint density at radius 1 is 1.11 bits per heavy atom. The van der Waals surface area contributed by atoms with Crippen molar-refractivity contribution in [3.63, 3.8) is 0 Å². The van der Waals surface area contributed by atoms with E-state index in [0.29, 0.717) is 5.92 Å². The molecular formula is C18H21NO7S. The molecule has 1 aromatic rings. The molecule has 4 fully saturated rings. The van der Waals surface area contributed by atoms with Gasteiger partial charge in [-0.1, -0.05) is 0 Å². The molecule has 8 nitrogen and oxygen atoms in total. The molecule has 0 aliphatic heterocycles. The molecule has 0 radical (unpaired) electrons. The minimum atomic E-state index is -4.08. The number of esters is 1. The van der Waals surface area contributed by atoms with Gasteiger partial charge in [0.15, 0.2) is 0 Å². The highest BCUT2D eigenvalue weighted by atomic mass is 32.2. The van der Waals surface area contributed by atoms with Gasteiger partial charge in [0.25, 0.3) is 15.8 Å². The van der Waals surface area contributed by atoms with E-state index in [1.807, 2.05) is 0 Å². The minimum absolute atomic E-state index is 0.112. The van der Waals surface area contributed by atoms with Crippen LogP contribution in [0.2, 0.25) is 0 Å². The maximum absolute atomic E-state index is 12.7. The molecule has 0 spiro atoms. The van der Waals surface area contributed by atoms with Crippen molar-refractivity contribution < 1.29 is 27.1 Å². The van der Waals surface area contributed by atoms with Crippen molar-refractivity contribution in [2.75, 3.05) is 7.11 Å². The first-order chi connectivity index (χ1) is 12.8. The Labute approximate surface area is 157 Å². The van der Waals surface area contributed by atoms with E-state index in [1.165, 1.54) is 19.2 Å². The number of benzene rings is 1. The van der Waals surface area contributed by atoms with Gasteiger partial charge in [0, 0.05) is 18.1 Å². The molecule has 0 unspecified atom stereocenters. The van der Waals surface area contributed by atoms with E-state index in [4.69, 9.17) is 8.92 Å². The summed E-state index contributed by atoms with van der Waals surface area (Å²) in [7, 11) is -2.72. The molecule has 0 aromatic heterocycles. The maximum Gasteiger partial charge on any atom is 0.309 e. The van der Waals surface area contributed by atoms with Crippen LogP contribution in [0, 0.1) is 39.7 Å². The number of carbonyl (C=O) groups is 1. The molecule has 4 aliphatic carbocycles. The lowest BCUT2D eigenvalue weighted by Gasteiger charge is -2.56. The van der Waals surface area contributed by atoms with Crippen LogP contribution in [-0.4, -0.2) is 32.5 Å². The lowest BCUT2D eigenvalue weighted by molar-refractivity contribution is -0.384. The third kappa shape index (κ3) is 3.12. The van der Waals surface area contributed by atoms with Crippen LogP contribution in [0.5, 0.6) is 0 Å². The summed E-state index contributed by atoms with van der Waals surface area (Å²) in [6, 6.07) is 4.65. The third-order valence-electron chi connectivity index (χ3n) is 6.39. The molecule has 0 amide bonds. The second-order valence-corrected chi connectivity index (χ2v) is 9.38. The second-order valence-electron chi connectivity index (χ2n) is 7.81. The molecule has 5 rings (SSSR count). The first-order valence-corrected chi connectivity index (χ1v) is 10.5. The number of nitro benzene ring substituents is 1. The lowest BCUT2D eigenvalue weighted by Crippen LogP contribution is -2.57. The number of hydrogen-bond acceptors (Lipinski definition) is 7. The Morgan fingerprint density at radius 2 is 1.78 bits per heavy atom. The third-order valence-corrected chi connectivity index (χ3v) is 7.71. The van der Waals surface area contributed by atoms with Crippen LogP contribution in [-0.2, 0) is 23.8 Å². The summed E-state index contributed by atoms with van der Waals surface area (Å²) in [5.41, 5.74) is -0.186. The summed E-state index contributed by atoms with van der Waals surface area (Å²) < 4.78 is 36.1. The monoisotopic (exact) mass is 395 g/mol. The van der Waals surface area contributed by atoms with Crippen LogP contribution in [0.15, 0.2) is 29.2 Å². The Hall–Kier alpha value is -2.00. The molecule has 4 saturated carbocycles. The van der Waals surface area contributed by atoms with E-state index in [0.717, 1.165) is 37.8 Å². The number of carbonyl (C=O) groups excluding carboxylic acids is 1. The van der Waals surface area contributed by atoms with Crippen molar-refractivity contribution >= 4 is 21.8 Å². The van der Waals surface area contributed by atoms with E-state index in [2.05, 4.69) is 0 Å². The van der Waals surface area contributed by atoms with Gasteiger partial charge < -0.3 is 4.74 Å². The Bertz CT molecular complexity index is 866. The van der Waals surface area contributed by atoms with Gasteiger partial charge in [-0.3, -0.25) is 19.1 Å². The number of ether oxygens (including phenoxy) is 1. The zero-order valence-corrected chi connectivity index (χ0v) is 15.6. The topological polar surface area (TPSA) is 113 Å². The molecule has 9 heteroatoms. The summed E-state index contributed by atoms with van der Waals surface area (Å²) in [5, 5.41) is 10.8. The van der Waals surface area contributed by atoms with Crippen molar-refractivity contribution in [3.8, 4) is 0 Å². The highest BCUT2D eigenvalue weighted by Crippen LogP contribution is 2.58. The minimum Gasteiger partial charge on any atom is -0.469 e. The fourth-order valence-electron chi connectivity index (χ4n) is 5.45. The van der Waals surface area contributed by atoms with Gasteiger partial charge in [0.2, 0.25) is 0 Å². The second kappa shape index (κ2) is 6.56. The number of methoxy groups -OCH3 is 1. The van der Waals surface area contributed by atoms with Gasteiger partial charge in [-0.05, 0) is 55.6 Å². The van der Waals surface area contributed by atoms with Crippen LogP contribution in [0.4, 0.5) is 5.69 Å². The zero-order chi connectivity index (χ0) is 19.3. The first kappa shape index (κ1) is 18.4. The van der Waals surface area contributed by atoms with Crippen molar-refractivity contribution in [3.05, 3.63) is 34.4 Å². The molecule has 4 bridgehead atoms. The number of rotatable bonds is 5. The van der Waals surface area contributed by atoms with Crippen molar-refractivity contribution in [2.45, 2.75) is 36.7 Å². The molecular weight excluding hydrogens is 374 g/mol. The smallest absolute Gasteiger partial charge is 0.309 e. The molecule has 146 valence electrons. The van der Waals surface area contributed by atoms with Gasteiger partial charge >= 0.3 is 5.97 Å². The standard InChI is InChI=1S/C18H21NO7S/c1-25-18(20)16-11-6-10-7-12(9-11)17(15(16)8-10)26-27(23,24)14-4-2-13(3-5-14)19(21)22/h2-5,10-12,15-17H,6-9H2,1H3/t10-,11-,12+,15-,16+,17+/m1/s1. The lowest BCUT2D eigenvalue weighted by atomic mass is 9.50. The van der Waals surface area contributed by atoms with E-state index in [9.17, 15) is 23.3 Å². The quantitative estimate of drug-likeness (QED) is 0.326.